The predicted molar refractivity (Wildman–Crippen MR) is 52.3 cm³/mol. The van der Waals surface area contributed by atoms with Crippen molar-refractivity contribution in [2.24, 2.45) is 0 Å². The fraction of sp³-hybridized carbons (Fsp3) is 0.286. The third kappa shape index (κ3) is 3.46. The minimum Gasteiger partial charge on any atom is -0.497 e. The quantitative estimate of drug-likeness (QED) is 0.436. The van der Waals surface area contributed by atoms with Gasteiger partial charge in [0.05, 0.1) is 6.26 Å². The molecule has 0 atom stereocenters. The molecule has 0 spiro atoms. The van der Waals surface area contributed by atoms with Gasteiger partial charge in [0.1, 0.15) is 12.4 Å². The fourth-order valence-corrected chi connectivity index (χ4v) is 0.736. The van der Waals surface area contributed by atoms with Crippen LogP contribution in [-0.2, 0) is 9.47 Å². The first kappa shape index (κ1) is 10.7. The molecule has 1 aliphatic heterocycles. The summed E-state index contributed by atoms with van der Waals surface area (Å²) >= 11 is 16.2. The van der Waals surface area contributed by atoms with Crippen LogP contribution in [0.25, 0.3) is 0 Å². The number of allylic oxidation sites excluding steroid dienone is 1. The van der Waals surface area contributed by atoms with Gasteiger partial charge in [-0.25, -0.2) is 0 Å². The second-order valence-electron chi connectivity index (χ2n) is 2.17. The number of ether oxygens (including phenoxy) is 2. The molecule has 1 N–H and O–H groups in total. The summed E-state index contributed by atoms with van der Waals surface area (Å²) < 4.78 is 7.97. The van der Waals surface area contributed by atoms with E-state index < -0.39 is 9.69 Å². The van der Waals surface area contributed by atoms with Crippen molar-refractivity contribution in [3.63, 3.8) is 0 Å². The highest BCUT2D eigenvalue weighted by Crippen LogP contribution is 2.28. The van der Waals surface area contributed by atoms with Gasteiger partial charge in [0.15, 0.2) is 0 Å². The maximum absolute atomic E-state index is 7.24. The van der Waals surface area contributed by atoms with Gasteiger partial charge in [-0.2, -0.15) is 0 Å². The van der Waals surface area contributed by atoms with E-state index >= 15 is 0 Å². The molecule has 0 fully saturated rings. The molecule has 0 aromatic carbocycles. The van der Waals surface area contributed by atoms with Crippen LogP contribution in [0.2, 0.25) is 0 Å². The average Bonchev–Trinajstić information content (AvgIpc) is 2.04. The highest BCUT2D eigenvalue weighted by Gasteiger charge is 2.29. The van der Waals surface area contributed by atoms with Crippen molar-refractivity contribution in [2.75, 3.05) is 6.61 Å². The number of hydrogen-bond acceptors (Lipinski definition) is 3. The van der Waals surface area contributed by atoms with E-state index in [9.17, 15) is 0 Å². The molecule has 1 aliphatic rings. The van der Waals surface area contributed by atoms with Gasteiger partial charge in [-0.15, -0.1) is 0 Å². The first-order valence-electron chi connectivity index (χ1n) is 3.32. The SMILES string of the molecule is N=C(OC1=CCOC=C1)C(Cl)(Cl)Cl. The minimum atomic E-state index is -1.83. The van der Waals surface area contributed by atoms with Crippen molar-refractivity contribution in [2.45, 2.75) is 3.79 Å². The summed E-state index contributed by atoms with van der Waals surface area (Å²) in [6.07, 6.45) is 4.61. The van der Waals surface area contributed by atoms with Gasteiger partial charge in [-0.3, -0.25) is 5.41 Å². The average molecular weight is 242 g/mol. The molecule has 3 nitrogen and oxygen atoms in total. The number of halogens is 3. The molecule has 0 unspecified atom stereocenters. The van der Waals surface area contributed by atoms with Crippen LogP contribution >= 0.6 is 34.8 Å². The summed E-state index contributed by atoms with van der Waals surface area (Å²) in [5.74, 6) is -0.00197. The van der Waals surface area contributed by atoms with Crippen molar-refractivity contribution in [1.82, 2.24) is 0 Å². The van der Waals surface area contributed by atoms with Crippen LogP contribution in [0.4, 0.5) is 0 Å². The summed E-state index contributed by atoms with van der Waals surface area (Å²) in [6.45, 7) is 0.388. The molecule has 6 heteroatoms. The lowest BCUT2D eigenvalue weighted by atomic mass is 10.4. The van der Waals surface area contributed by atoms with Crippen LogP contribution in [0.3, 0.4) is 0 Å². The van der Waals surface area contributed by atoms with Crippen LogP contribution in [-0.4, -0.2) is 16.3 Å². The third-order valence-corrected chi connectivity index (χ3v) is 1.70. The van der Waals surface area contributed by atoms with E-state index in [1.165, 1.54) is 12.3 Å². The number of nitrogens with one attached hydrogen (secondary N) is 1. The summed E-state index contributed by atoms with van der Waals surface area (Å²) in [5, 5.41) is 7.24. The molecule has 0 radical (unpaired) electrons. The number of rotatable bonds is 1. The van der Waals surface area contributed by atoms with E-state index in [0.717, 1.165) is 0 Å². The number of hydrogen-bond donors (Lipinski definition) is 1. The van der Waals surface area contributed by atoms with E-state index in [1.807, 2.05) is 0 Å². The van der Waals surface area contributed by atoms with E-state index in [1.54, 1.807) is 6.08 Å². The van der Waals surface area contributed by atoms with E-state index in [2.05, 4.69) is 0 Å². The largest absolute Gasteiger partial charge is 0.497 e. The highest BCUT2D eigenvalue weighted by molar-refractivity contribution is 6.76. The Kier molecular flexibility index (Phi) is 3.47. The standard InChI is InChI=1S/C7H6Cl3NO2/c8-7(9,10)6(11)13-5-1-3-12-4-2-5/h1-3,11H,4H2. The third-order valence-electron chi connectivity index (χ3n) is 1.19. The Morgan fingerprint density at radius 1 is 1.54 bits per heavy atom. The van der Waals surface area contributed by atoms with Crippen LogP contribution in [0.1, 0.15) is 0 Å². The van der Waals surface area contributed by atoms with Crippen LogP contribution < -0.4 is 0 Å². The molecule has 0 aromatic heterocycles. The zero-order chi connectivity index (χ0) is 9.90. The smallest absolute Gasteiger partial charge is 0.266 e. The van der Waals surface area contributed by atoms with Crippen LogP contribution in [0.15, 0.2) is 24.2 Å². The van der Waals surface area contributed by atoms with Gasteiger partial charge in [0, 0.05) is 6.08 Å². The Hall–Kier alpha value is -0.380. The van der Waals surface area contributed by atoms with E-state index in [-0.39, 0.29) is 0 Å². The van der Waals surface area contributed by atoms with Gasteiger partial charge >= 0.3 is 0 Å². The van der Waals surface area contributed by atoms with Crippen LogP contribution in [0, 0.1) is 5.41 Å². The molecule has 0 saturated heterocycles. The lowest BCUT2D eigenvalue weighted by molar-refractivity contribution is 0.271. The molecule has 1 rings (SSSR count). The van der Waals surface area contributed by atoms with Gasteiger partial charge in [0.2, 0.25) is 5.90 Å². The fourth-order valence-electron chi connectivity index (χ4n) is 0.620. The molecule has 1 heterocycles. The highest BCUT2D eigenvalue weighted by atomic mass is 35.6. The molecular formula is C7H6Cl3NO2. The Morgan fingerprint density at radius 2 is 2.23 bits per heavy atom. The second kappa shape index (κ2) is 4.22. The van der Waals surface area contributed by atoms with E-state index in [4.69, 9.17) is 49.7 Å². The zero-order valence-electron chi connectivity index (χ0n) is 6.39. The maximum Gasteiger partial charge on any atom is 0.266 e. The Labute approximate surface area is 90.4 Å². The minimum absolute atomic E-state index is 0.388. The molecule has 72 valence electrons. The monoisotopic (exact) mass is 241 g/mol. The molecule has 0 aromatic rings. The van der Waals surface area contributed by atoms with Gasteiger partial charge in [0.25, 0.3) is 3.79 Å². The van der Waals surface area contributed by atoms with Crippen molar-refractivity contribution in [3.8, 4) is 0 Å². The van der Waals surface area contributed by atoms with Crippen molar-refractivity contribution >= 4 is 40.7 Å². The van der Waals surface area contributed by atoms with Crippen molar-refractivity contribution < 1.29 is 9.47 Å². The van der Waals surface area contributed by atoms with Gasteiger partial charge in [-0.05, 0) is 6.08 Å². The Morgan fingerprint density at radius 3 is 2.69 bits per heavy atom. The Balaban J connectivity index is 2.54. The molecule has 0 amide bonds. The summed E-state index contributed by atoms with van der Waals surface area (Å²) in [7, 11) is 0. The summed E-state index contributed by atoms with van der Waals surface area (Å²) in [4.78, 5) is 0. The van der Waals surface area contributed by atoms with Gasteiger partial charge < -0.3 is 9.47 Å². The second-order valence-corrected chi connectivity index (χ2v) is 4.45. The molecule has 13 heavy (non-hydrogen) atoms. The molecule has 0 bridgehead atoms. The zero-order valence-corrected chi connectivity index (χ0v) is 8.66. The lowest BCUT2D eigenvalue weighted by Gasteiger charge is -2.15. The molecule has 0 saturated carbocycles. The molecule has 0 aliphatic carbocycles. The summed E-state index contributed by atoms with van der Waals surface area (Å²) in [6, 6.07) is 0. The first-order valence-corrected chi connectivity index (χ1v) is 4.45. The lowest BCUT2D eigenvalue weighted by Crippen LogP contribution is -2.21. The number of alkyl halides is 3. The summed E-state index contributed by atoms with van der Waals surface area (Å²) in [5.41, 5.74) is 0. The molecular weight excluding hydrogens is 236 g/mol. The predicted octanol–water partition coefficient (Wildman–Crippen LogP) is 2.78. The topological polar surface area (TPSA) is 42.3 Å². The normalized spacial score (nSPS) is 16.1. The first-order chi connectivity index (χ1) is 6.00. The van der Waals surface area contributed by atoms with Gasteiger partial charge in [-0.1, -0.05) is 34.8 Å². The van der Waals surface area contributed by atoms with Crippen molar-refractivity contribution in [3.05, 3.63) is 24.2 Å². The Bertz CT molecular complexity index is 267. The van der Waals surface area contributed by atoms with E-state index in [0.29, 0.717) is 12.4 Å². The van der Waals surface area contributed by atoms with Crippen LogP contribution in [0.5, 0.6) is 0 Å². The van der Waals surface area contributed by atoms with Crippen molar-refractivity contribution in [1.29, 1.82) is 5.41 Å². The maximum atomic E-state index is 7.24.